The maximum absolute atomic E-state index is 11.0. The molecule has 0 aliphatic carbocycles. The number of alkyl halides is 1. The first-order valence-corrected chi connectivity index (χ1v) is 5.55. The Morgan fingerprint density at radius 2 is 2.50 bits per heavy atom. The molecule has 1 unspecified atom stereocenters. The lowest BCUT2D eigenvalue weighted by Crippen LogP contribution is -2.29. The molecule has 0 aromatic carbocycles. The van der Waals surface area contributed by atoms with Crippen LogP contribution in [0.4, 0.5) is 0 Å². The Balaban J connectivity index is 2.27. The lowest BCUT2D eigenvalue weighted by Gasteiger charge is -2.07. The summed E-state index contributed by atoms with van der Waals surface area (Å²) < 4.78 is 6.35. The molecule has 0 spiro atoms. The lowest BCUT2D eigenvalue weighted by molar-refractivity contribution is -0.140. The minimum atomic E-state index is -0.647. The number of aryl methyl sites for hydroxylation is 1. The smallest absolute Gasteiger partial charge is 0.325 e. The molecule has 1 heterocycles. The molecular weight excluding hydrogens is 230 g/mol. The average Bonchev–Trinajstić information content (AvgIpc) is 2.75. The summed E-state index contributed by atoms with van der Waals surface area (Å²) in [5.41, 5.74) is 1.07. The van der Waals surface area contributed by atoms with E-state index in [-0.39, 0.29) is 0 Å². The Kier molecular flexibility index (Phi) is 5.28. The highest BCUT2D eigenvalue weighted by atomic mass is 35.5. The summed E-state index contributed by atoms with van der Waals surface area (Å²) >= 11 is 5.77. The van der Waals surface area contributed by atoms with Crippen molar-refractivity contribution in [3.63, 3.8) is 0 Å². The molecule has 0 saturated heterocycles. The summed E-state index contributed by atoms with van der Waals surface area (Å²) in [5, 5.41) is 6.56. The molecule has 0 amide bonds. The number of carbonyl (C=O) groups excluding carboxylic acids is 1. The zero-order chi connectivity index (χ0) is 12.0. The predicted octanol–water partition coefficient (Wildman–Crippen LogP) is 0.773. The van der Waals surface area contributed by atoms with Gasteiger partial charge in [-0.1, -0.05) is 0 Å². The highest BCUT2D eigenvalue weighted by Crippen LogP contribution is 1.99. The number of nitrogens with one attached hydrogen (secondary N) is 1. The third kappa shape index (κ3) is 3.83. The maximum Gasteiger partial charge on any atom is 0.325 e. The fraction of sp³-hybridized carbons (Fsp3) is 0.600. The summed E-state index contributed by atoms with van der Waals surface area (Å²) in [4.78, 5) is 11.0. The van der Waals surface area contributed by atoms with Crippen LogP contribution in [-0.4, -0.2) is 34.8 Å². The van der Waals surface area contributed by atoms with Crippen LogP contribution in [0.1, 0.15) is 12.5 Å². The van der Waals surface area contributed by atoms with E-state index in [1.807, 2.05) is 17.8 Å². The third-order valence-electron chi connectivity index (χ3n) is 2.12. The van der Waals surface area contributed by atoms with Gasteiger partial charge in [0.2, 0.25) is 0 Å². The van der Waals surface area contributed by atoms with Gasteiger partial charge < -0.3 is 10.1 Å². The number of ether oxygens (including phenoxy) is 1. The van der Waals surface area contributed by atoms with Gasteiger partial charge >= 0.3 is 5.97 Å². The normalized spacial score (nSPS) is 12.4. The number of halogens is 1. The van der Waals surface area contributed by atoms with Crippen molar-refractivity contribution in [2.24, 2.45) is 0 Å². The number of nitrogens with zero attached hydrogens (tertiary/aromatic N) is 2. The van der Waals surface area contributed by atoms with Gasteiger partial charge in [0, 0.05) is 31.4 Å². The first kappa shape index (κ1) is 13.0. The zero-order valence-corrected chi connectivity index (χ0v) is 10.2. The van der Waals surface area contributed by atoms with Crippen LogP contribution in [-0.2, 0) is 22.6 Å². The number of methoxy groups -OCH3 is 1. The van der Waals surface area contributed by atoms with Crippen molar-refractivity contribution in [1.29, 1.82) is 0 Å². The Labute approximate surface area is 99.7 Å². The Morgan fingerprint density at radius 3 is 3.06 bits per heavy atom. The minimum Gasteiger partial charge on any atom is -0.468 e. The summed E-state index contributed by atoms with van der Waals surface area (Å²) in [6.45, 7) is 3.89. The van der Waals surface area contributed by atoms with Crippen molar-refractivity contribution in [2.75, 3.05) is 13.7 Å². The Bertz CT molecular complexity index is 341. The molecule has 1 aromatic rings. The van der Waals surface area contributed by atoms with Gasteiger partial charge in [0.15, 0.2) is 0 Å². The topological polar surface area (TPSA) is 56.2 Å². The lowest BCUT2D eigenvalue weighted by atomic mass is 10.3. The minimum absolute atomic E-state index is 0.380. The van der Waals surface area contributed by atoms with Gasteiger partial charge in [-0.25, -0.2) is 0 Å². The largest absolute Gasteiger partial charge is 0.468 e. The van der Waals surface area contributed by atoms with E-state index in [9.17, 15) is 4.79 Å². The van der Waals surface area contributed by atoms with Gasteiger partial charge in [0.25, 0.3) is 0 Å². The molecule has 0 radical (unpaired) electrons. The first-order chi connectivity index (χ1) is 7.67. The number of hydrogen-bond donors (Lipinski definition) is 1. The van der Waals surface area contributed by atoms with Gasteiger partial charge in [-0.15, -0.1) is 11.6 Å². The summed E-state index contributed by atoms with van der Waals surface area (Å²) in [6, 6.07) is 0. The molecular formula is C10H16ClN3O2. The molecule has 0 aliphatic heterocycles. The first-order valence-electron chi connectivity index (χ1n) is 5.11. The number of aromatic nitrogens is 2. The molecule has 0 bridgehead atoms. The van der Waals surface area contributed by atoms with E-state index in [4.69, 9.17) is 11.6 Å². The molecule has 1 atom stereocenters. The molecule has 90 valence electrons. The van der Waals surface area contributed by atoms with Crippen LogP contribution in [0.15, 0.2) is 12.4 Å². The number of rotatable bonds is 6. The molecule has 1 aromatic heterocycles. The second-order valence-electron chi connectivity index (χ2n) is 3.33. The van der Waals surface area contributed by atoms with Crippen LogP contribution < -0.4 is 5.32 Å². The van der Waals surface area contributed by atoms with E-state index in [0.717, 1.165) is 12.1 Å². The maximum atomic E-state index is 11.0. The quantitative estimate of drug-likeness (QED) is 0.594. The van der Waals surface area contributed by atoms with Crippen LogP contribution >= 0.6 is 11.6 Å². The average molecular weight is 246 g/mol. The standard InChI is InChI=1S/C10H16ClN3O2/c1-3-14-7-8(5-13-14)4-12-6-9(11)10(15)16-2/h5,7,9,12H,3-4,6H2,1-2H3. The molecule has 0 aliphatic rings. The van der Waals surface area contributed by atoms with Crippen LogP contribution in [0, 0.1) is 0 Å². The monoisotopic (exact) mass is 245 g/mol. The van der Waals surface area contributed by atoms with Crippen molar-refractivity contribution in [3.8, 4) is 0 Å². The number of esters is 1. The Hall–Kier alpha value is -1.07. The summed E-state index contributed by atoms with van der Waals surface area (Å²) in [7, 11) is 1.32. The predicted molar refractivity (Wildman–Crippen MR) is 61.3 cm³/mol. The van der Waals surface area contributed by atoms with E-state index < -0.39 is 11.3 Å². The van der Waals surface area contributed by atoms with E-state index >= 15 is 0 Å². The van der Waals surface area contributed by atoms with Gasteiger partial charge in [0.05, 0.1) is 13.3 Å². The SMILES string of the molecule is CCn1cc(CNCC(Cl)C(=O)OC)cn1. The van der Waals surface area contributed by atoms with Gasteiger partial charge in [0.1, 0.15) is 5.38 Å². The van der Waals surface area contributed by atoms with E-state index in [0.29, 0.717) is 13.1 Å². The molecule has 1 rings (SSSR count). The van der Waals surface area contributed by atoms with Crippen LogP contribution in [0.3, 0.4) is 0 Å². The van der Waals surface area contributed by atoms with Crippen LogP contribution in [0.2, 0.25) is 0 Å². The van der Waals surface area contributed by atoms with Gasteiger partial charge in [-0.2, -0.15) is 5.10 Å². The van der Waals surface area contributed by atoms with E-state index in [1.165, 1.54) is 7.11 Å². The molecule has 1 N–H and O–H groups in total. The molecule has 6 heteroatoms. The molecule has 0 fully saturated rings. The van der Waals surface area contributed by atoms with Gasteiger partial charge in [-0.05, 0) is 6.92 Å². The van der Waals surface area contributed by atoms with Crippen molar-refractivity contribution in [2.45, 2.75) is 25.4 Å². The summed E-state index contributed by atoms with van der Waals surface area (Å²) in [5.74, 6) is -0.418. The summed E-state index contributed by atoms with van der Waals surface area (Å²) in [6.07, 6.45) is 3.74. The van der Waals surface area contributed by atoms with E-state index in [1.54, 1.807) is 6.20 Å². The molecule has 0 saturated carbocycles. The Morgan fingerprint density at radius 1 is 1.75 bits per heavy atom. The van der Waals surface area contributed by atoms with Crippen molar-refractivity contribution < 1.29 is 9.53 Å². The zero-order valence-electron chi connectivity index (χ0n) is 9.44. The highest BCUT2D eigenvalue weighted by molar-refractivity contribution is 6.30. The fourth-order valence-electron chi connectivity index (χ4n) is 1.23. The van der Waals surface area contributed by atoms with E-state index in [2.05, 4.69) is 15.2 Å². The van der Waals surface area contributed by atoms with Crippen molar-refractivity contribution >= 4 is 17.6 Å². The number of hydrogen-bond acceptors (Lipinski definition) is 4. The second-order valence-corrected chi connectivity index (χ2v) is 3.85. The van der Waals surface area contributed by atoms with Crippen molar-refractivity contribution in [1.82, 2.24) is 15.1 Å². The highest BCUT2D eigenvalue weighted by Gasteiger charge is 2.14. The van der Waals surface area contributed by atoms with Crippen LogP contribution in [0.25, 0.3) is 0 Å². The van der Waals surface area contributed by atoms with Gasteiger partial charge in [-0.3, -0.25) is 9.48 Å². The third-order valence-corrected chi connectivity index (χ3v) is 2.45. The van der Waals surface area contributed by atoms with Crippen molar-refractivity contribution in [3.05, 3.63) is 18.0 Å². The second kappa shape index (κ2) is 6.50. The molecule has 16 heavy (non-hydrogen) atoms. The molecule has 5 nitrogen and oxygen atoms in total. The fourth-order valence-corrected chi connectivity index (χ4v) is 1.42. The number of carbonyl (C=O) groups is 1. The van der Waals surface area contributed by atoms with Crippen LogP contribution in [0.5, 0.6) is 0 Å².